The lowest BCUT2D eigenvalue weighted by Gasteiger charge is -2.07. The molecule has 0 aromatic heterocycles. The molecule has 0 aliphatic rings. The molecule has 14 heavy (non-hydrogen) atoms. The molecule has 1 aromatic carbocycles. The molecular formula is C9H9BrN2O2. The summed E-state index contributed by atoms with van der Waals surface area (Å²) in [6, 6.07) is 4.25. The predicted octanol–water partition coefficient (Wildman–Crippen LogP) is 2.54. The van der Waals surface area contributed by atoms with Crippen molar-refractivity contribution in [2.24, 2.45) is 5.73 Å². The molecule has 0 spiro atoms. The van der Waals surface area contributed by atoms with Crippen LogP contribution < -0.4 is 5.73 Å². The van der Waals surface area contributed by atoms with Crippen LogP contribution >= 0.6 is 15.9 Å². The third-order valence-corrected chi connectivity index (χ3v) is 2.30. The summed E-state index contributed by atoms with van der Waals surface area (Å²) in [6.07, 6.45) is 1.47. The maximum absolute atomic E-state index is 10.7. The lowest BCUT2D eigenvalue weighted by Crippen LogP contribution is -2.09. The van der Waals surface area contributed by atoms with E-state index in [0.717, 1.165) is 0 Å². The van der Waals surface area contributed by atoms with E-state index in [1.807, 2.05) is 0 Å². The highest BCUT2D eigenvalue weighted by Gasteiger charge is 2.17. The number of nitro groups is 1. The van der Waals surface area contributed by atoms with Gasteiger partial charge in [-0.3, -0.25) is 10.1 Å². The van der Waals surface area contributed by atoms with Gasteiger partial charge in [-0.25, -0.2) is 0 Å². The molecule has 0 saturated carbocycles. The first-order chi connectivity index (χ1) is 6.56. The SMILES string of the molecule is C=C[C@H](N)c1ccc(Br)cc1[N+](=O)[O-]. The van der Waals surface area contributed by atoms with E-state index in [1.54, 1.807) is 12.1 Å². The van der Waals surface area contributed by atoms with Gasteiger partial charge in [0.25, 0.3) is 5.69 Å². The first-order valence-corrected chi connectivity index (χ1v) is 4.67. The average Bonchev–Trinajstić information content (AvgIpc) is 2.16. The summed E-state index contributed by atoms with van der Waals surface area (Å²) in [7, 11) is 0. The zero-order valence-corrected chi connectivity index (χ0v) is 8.90. The summed E-state index contributed by atoms with van der Waals surface area (Å²) < 4.78 is 0.657. The van der Waals surface area contributed by atoms with Crippen LogP contribution in [0, 0.1) is 10.1 Å². The maximum Gasteiger partial charge on any atom is 0.275 e. The number of nitrogens with zero attached hydrogens (tertiary/aromatic N) is 1. The quantitative estimate of drug-likeness (QED) is 0.514. The number of halogens is 1. The van der Waals surface area contributed by atoms with Gasteiger partial charge in [-0.05, 0) is 12.1 Å². The van der Waals surface area contributed by atoms with Crippen LogP contribution in [0.1, 0.15) is 11.6 Å². The molecule has 0 saturated heterocycles. The van der Waals surface area contributed by atoms with E-state index in [4.69, 9.17) is 5.73 Å². The van der Waals surface area contributed by atoms with Crippen LogP contribution in [0.25, 0.3) is 0 Å². The Morgan fingerprint density at radius 1 is 1.64 bits per heavy atom. The minimum Gasteiger partial charge on any atom is -0.321 e. The van der Waals surface area contributed by atoms with Crippen molar-refractivity contribution in [3.8, 4) is 0 Å². The molecule has 0 aliphatic carbocycles. The van der Waals surface area contributed by atoms with E-state index in [0.29, 0.717) is 10.0 Å². The Kier molecular flexibility index (Phi) is 3.38. The van der Waals surface area contributed by atoms with Crippen molar-refractivity contribution in [3.63, 3.8) is 0 Å². The molecule has 2 N–H and O–H groups in total. The van der Waals surface area contributed by atoms with Gasteiger partial charge in [-0.2, -0.15) is 0 Å². The van der Waals surface area contributed by atoms with E-state index in [2.05, 4.69) is 22.5 Å². The van der Waals surface area contributed by atoms with Crippen molar-refractivity contribution in [2.75, 3.05) is 0 Å². The Hall–Kier alpha value is -1.20. The number of hydrogen-bond acceptors (Lipinski definition) is 3. The van der Waals surface area contributed by atoms with Gasteiger partial charge in [-0.1, -0.05) is 22.0 Å². The van der Waals surface area contributed by atoms with E-state index < -0.39 is 11.0 Å². The van der Waals surface area contributed by atoms with Crippen LogP contribution in [-0.2, 0) is 0 Å². The molecule has 0 amide bonds. The highest BCUT2D eigenvalue weighted by atomic mass is 79.9. The fourth-order valence-electron chi connectivity index (χ4n) is 1.08. The fraction of sp³-hybridized carbons (Fsp3) is 0.111. The van der Waals surface area contributed by atoms with Crippen LogP contribution in [0.4, 0.5) is 5.69 Å². The minimum atomic E-state index is -0.511. The van der Waals surface area contributed by atoms with Crippen LogP contribution in [-0.4, -0.2) is 4.92 Å². The van der Waals surface area contributed by atoms with E-state index in [1.165, 1.54) is 12.1 Å². The number of hydrogen-bond donors (Lipinski definition) is 1. The largest absolute Gasteiger partial charge is 0.321 e. The third-order valence-electron chi connectivity index (χ3n) is 1.80. The molecule has 0 heterocycles. The highest BCUT2D eigenvalue weighted by Crippen LogP contribution is 2.27. The van der Waals surface area contributed by atoms with Gasteiger partial charge in [0, 0.05) is 10.5 Å². The second-order valence-corrected chi connectivity index (χ2v) is 3.64. The summed E-state index contributed by atoms with van der Waals surface area (Å²) in [6.45, 7) is 3.50. The van der Waals surface area contributed by atoms with Gasteiger partial charge in [0.2, 0.25) is 0 Å². The van der Waals surface area contributed by atoms with Gasteiger partial charge < -0.3 is 5.73 Å². The monoisotopic (exact) mass is 256 g/mol. The standard InChI is InChI=1S/C9H9BrN2O2/c1-2-8(11)7-4-3-6(10)5-9(7)12(13)14/h2-5,8H,1,11H2/t8-/m0/s1. The zero-order valence-electron chi connectivity index (χ0n) is 7.31. The van der Waals surface area contributed by atoms with Crippen LogP contribution in [0.3, 0.4) is 0 Å². The van der Waals surface area contributed by atoms with Crippen molar-refractivity contribution in [3.05, 3.63) is 51.0 Å². The number of rotatable bonds is 3. The highest BCUT2D eigenvalue weighted by molar-refractivity contribution is 9.10. The molecule has 1 atom stereocenters. The lowest BCUT2D eigenvalue weighted by atomic mass is 10.1. The first kappa shape index (κ1) is 10.9. The molecule has 0 aliphatic heterocycles. The molecule has 1 aromatic rings. The second-order valence-electron chi connectivity index (χ2n) is 2.72. The number of nitro benzene ring substituents is 1. The van der Waals surface area contributed by atoms with Crippen LogP contribution in [0.5, 0.6) is 0 Å². The fourth-order valence-corrected chi connectivity index (χ4v) is 1.43. The van der Waals surface area contributed by atoms with Crippen LogP contribution in [0.2, 0.25) is 0 Å². The summed E-state index contributed by atoms with van der Waals surface area (Å²) in [5, 5.41) is 10.7. The normalized spacial score (nSPS) is 12.1. The second kappa shape index (κ2) is 4.34. The Balaban J connectivity index is 3.28. The zero-order chi connectivity index (χ0) is 10.7. The molecule has 74 valence electrons. The molecule has 4 nitrogen and oxygen atoms in total. The van der Waals surface area contributed by atoms with Gasteiger partial charge >= 0.3 is 0 Å². The average molecular weight is 257 g/mol. The summed E-state index contributed by atoms with van der Waals surface area (Å²) in [5.74, 6) is 0. The minimum absolute atomic E-state index is 0.00627. The molecule has 0 fully saturated rings. The first-order valence-electron chi connectivity index (χ1n) is 3.88. The van der Waals surface area contributed by atoms with Gasteiger partial charge in [0.05, 0.1) is 16.5 Å². The molecule has 0 radical (unpaired) electrons. The molecule has 5 heteroatoms. The lowest BCUT2D eigenvalue weighted by molar-refractivity contribution is -0.385. The number of benzene rings is 1. The summed E-state index contributed by atoms with van der Waals surface area (Å²) in [4.78, 5) is 10.2. The van der Waals surface area contributed by atoms with E-state index in [9.17, 15) is 10.1 Å². The summed E-state index contributed by atoms with van der Waals surface area (Å²) in [5.41, 5.74) is 6.12. The predicted molar refractivity (Wildman–Crippen MR) is 57.9 cm³/mol. The Morgan fingerprint density at radius 3 is 2.79 bits per heavy atom. The Labute approximate surface area is 89.7 Å². The maximum atomic E-state index is 10.7. The van der Waals surface area contributed by atoms with Crippen molar-refractivity contribution >= 4 is 21.6 Å². The van der Waals surface area contributed by atoms with Crippen molar-refractivity contribution in [1.29, 1.82) is 0 Å². The molecule has 0 bridgehead atoms. The van der Waals surface area contributed by atoms with Crippen molar-refractivity contribution < 1.29 is 4.92 Å². The van der Waals surface area contributed by atoms with Crippen LogP contribution in [0.15, 0.2) is 35.3 Å². The van der Waals surface area contributed by atoms with Gasteiger partial charge in [-0.15, -0.1) is 6.58 Å². The molecule has 0 unspecified atom stereocenters. The number of nitrogens with two attached hydrogens (primary N) is 1. The molecular weight excluding hydrogens is 248 g/mol. The third kappa shape index (κ3) is 2.18. The van der Waals surface area contributed by atoms with E-state index in [-0.39, 0.29) is 5.69 Å². The van der Waals surface area contributed by atoms with Crippen molar-refractivity contribution in [1.82, 2.24) is 0 Å². The Bertz CT molecular complexity index is 379. The summed E-state index contributed by atoms with van der Waals surface area (Å²) >= 11 is 3.16. The van der Waals surface area contributed by atoms with Gasteiger partial charge in [0.15, 0.2) is 0 Å². The topological polar surface area (TPSA) is 69.2 Å². The molecule has 1 rings (SSSR count). The van der Waals surface area contributed by atoms with Gasteiger partial charge in [0.1, 0.15) is 0 Å². The van der Waals surface area contributed by atoms with E-state index >= 15 is 0 Å². The Morgan fingerprint density at radius 2 is 2.29 bits per heavy atom. The smallest absolute Gasteiger partial charge is 0.275 e. The van der Waals surface area contributed by atoms with Crippen molar-refractivity contribution in [2.45, 2.75) is 6.04 Å².